The molecule has 0 amide bonds. The molecule has 0 saturated carbocycles. The van der Waals surface area contributed by atoms with Crippen molar-refractivity contribution in [1.82, 2.24) is 15.0 Å². The molecular weight excluding hydrogens is 345 g/mol. The van der Waals surface area contributed by atoms with Crippen molar-refractivity contribution in [3.8, 4) is 11.1 Å². The second kappa shape index (κ2) is 6.60. The Morgan fingerprint density at radius 1 is 1.07 bits per heavy atom. The van der Waals surface area contributed by atoms with Crippen LogP contribution in [-0.2, 0) is 0 Å². The van der Waals surface area contributed by atoms with E-state index in [2.05, 4.69) is 20.3 Å². The molecule has 0 atom stereocenters. The minimum Gasteiger partial charge on any atom is -0.362 e. The third-order valence-corrected chi connectivity index (χ3v) is 4.36. The fraction of sp³-hybridized carbons (Fsp3) is 0.100. The smallest absolute Gasteiger partial charge is 0.257 e. The number of H-pyrrole nitrogens is 2. The van der Waals surface area contributed by atoms with Gasteiger partial charge in [0.1, 0.15) is 17.3 Å². The Labute approximate surface area is 154 Å². The zero-order chi connectivity index (χ0) is 19.0. The summed E-state index contributed by atoms with van der Waals surface area (Å²) in [6.45, 7) is 0. The van der Waals surface area contributed by atoms with Crippen molar-refractivity contribution >= 4 is 28.2 Å². The Balaban J connectivity index is 1.88. The molecule has 4 rings (SSSR count). The van der Waals surface area contributed by atoms with E-state index in [4.69, 9.17) is 0 Å². The highest BCUT2D eigenvalue weighted by Gasteiger charge is 2.15. The lowest BCUT2D eigenvalue weighted by Gasteiger charge is -2.19. The van der Waals surface area contributed by atoms with Crippen LogP contribution < -0.4 is 15.8 Å². The number of aromatic amines is 2. The van der Waals surface area contributed by atoms with Gasteiger partial charge in [0.25, 0.3) is 5.56 Å². The SMILES string of the molecule is CN(C)c1[nH]c(=O)c(-c2ccccc2F)cc1Nc1ccnc2[nH]ccc12. The lowest BCUT2D eigenvalue weighted by Crippen LogP contribution is -2.20. The molecule has 0 unspecified atom stereocenters. The van der Waals surface area contributed by atoms with Crippen LogP contribution in [0.15, 0.2) is 59.7 Å². The number of hydrogen-bond acceptors (Lipinski definition) is 4. The molecule has 3 heterocycles. The third kappa shape index (κ3) is 3.03. The molecule has 0 aliphatic heterocycles. The van der Waals surface area contributed by atoms with Crippen LogP contribution in [-0.4, -0.2) is 29.0 Å². The van der Waals surface area contributed by atoms with Crippen LogP contribution in [0.2, 0.25) is 0 Å². The average Bonchev–Trinajstić information content (AvgIpc) is 3.13. The van der Waals surface area contributed by atoms with Gasteiger partial charge in [-0.15, -0.1) is 0 Å². The molecular formula is C20H18FN5O. The summed E-state index contributed by atoms with van der Waals surface area (Å²) in [6.07, 6.45) is 3.51. The van der Waals surface area contributed by atoms with Crippen LogP contribution >= 0.6 is 0 Å². The van der Waals surface area contributed by atoms with Gasteiger partial charge in [0.05, 0.1) is 16.9 Å². The summed E-state index contributed by atoms with van der Waals surface area (Å²) in [7, 11) is 3.66. The van der Waals surface area contributed by atoms with Gasteiger partial charge >= 0.3 is 0 Å². The summed E-state index contributed by atoms with van der Waals surface area (Å²) >= 11 is 0. The summed E-state index contributed by atoms with van der Waals surface area (Å²) in [4.78, 5) is 24.6. The Kier molecular flexibility index (Phi) is 4.12. The standard InChI is InChI=1S/C20H18FN5O/c1-26(2)19-17(24-16-8-10-23-18-13(16)7-9-22-18)11-14(20(27)25-19)12-5-3-4-6-15(12)21/h3-11H,1-2H3,(H,25,27)(H2,22,23,24). The molecule has 0 saturated heterocycles. The van der Waals surface area contributed by atoms with Gasteiger partial charge < -0.3 is 20.2 Å². The van der Waals surface area contributed by atoms with Crippen LogP contribution in [0.3, 0.4) is 0 Å². The van der Waals surface area contributed by atoms with E-state index in [1.165, 1.54) is 6.07 Å². The van der Waals surface area contributed by atoms with Gasteiger partial charge in [0.2, 0.25) is 0 Å². The van der Waals surface area contributed by atoms with Crippen LogP contribution in [0.1, 0.15) is 0 Å². The number of halogens is 1. The number of pyridine rings is 2. The zero-order valence-corrected chi connectivity index (χ0v) is 14.9. The maximum atomic E-state index is 14.2. The number of fused-ring (bicyclic) bond motifs is 1. The maximum Gasteiger partial charge on any atom is 0.257 e. The maximum absolute atomic E-state index is 14.2. The van der Waals surface area contributed by atoms with Gasteiger partial charge in [-0.3, -0.25) is 4.79 Å². The first-order valence-electron chi connectivity index (χ1n) is 8.43. The average molecular weight is 363 g/mol. The normalized spacial score (nSPS) is 10.9. The van der Waals surface area contributed by atoms with Crippen LogP contribution in [0, 0.1) is 5.82 Å². The third-order valence-electron chi connectivity index (χ3n) is 4.36. The molecule has 3 aromatic heterocycles. The number of benzene rings is 1. The van der Waals surface area contributed by atoms with E-state index < -0.39 is 5.82 Å². The van der Waals surface area contributed by atoms with E-state index in [-0.39, 0.29) is 16.7 Å². The van der Waals surface area contributed by atoms with Crippen molar-refractivity contribution in [2.75, 3.05) is 24.3 Å². The predicted molar refractivity (Wildman–Crippen MR) is 106 cm³/mol. The van der Waals surface area contributed by atoms with Gasteiger partial charge in [-0.2, -0.15) is 0 Å². The Hall–Kier alpha value is -3.61. The number of nitrogens with zero attached hydrogens (tertiary/aromatic N) is 2. The van der Waals surface area contributed by atoms with Crippen LogP contribution in [0.25, 0.3) is 22.2 Å². The number of rotatable bonds is 4. The fourth-order valence-corrected chi connectivity index (χ4v) is 3.06. The summed E-state index contributed by atoms with van der Waals surface area (Å²) in [5, 5.41) is 4.26. The quantitative estimate of drug-likeness (QED) is 0.514. The van der Waals surface area contributed by atoms with E-state index in [1.54, 1.807) is 35.4 Å². The predicted octanol–water partition coefficient (Wildman–Crippen LogP) is 3.87. The Morgan fingerprint density at radius 3 is 2.67 bits per heavy atom. The van der Waals surface area contributed by atoms with Crippen LogP contribution in [0.5, 0.6) is 0 Å². The van der Waals surface area contributed by atoms with Gasteiger partial charge in [0.15, 0.2) is 0 Å². The summed E-state index contributed by atoms with van der Waals surface area (Å²) in [6, 6.07) is 11.7. The minimum atomic E-state index is -0.441. The number of anilines is 3. The summed E-state index contributed by atoms with van der Waals surface area (Å²) < 4.78 is 14.2. The van der Waals surface area contributed by atoms with Gasteiger partial charge in [-0.05, 0) is 24.3 Å². The number of hydrogen-bond donors (Lipinski definition) is 3. The van der Waals surface area contributed by atoms with Crippen molar-refractivity contribution < 1.29 is 4.39 Å². The molecule has 6 nitrogen and oxygen atoms in total. The first kappa shape index (κ1) is 16.8. The monoisotopic (exact) mass is 363 g/mol. The first-order valence-corrected chi connectivity index (χ1v) is 8.43. The van der Waals surface area contributed by atoms with E-state index >= 15 is 0 Å². The Bertz CT molecular complexity index is 1180. The molecule has 136 valence electrons. The van der Waals surface area contributed by atoms with Crippen molar-refractivity contribution in [2.24, 2.45) is 0 Å². The molecule has 0 radical (unpaired) electrons. The lowest BCUT2D eigenvalue weighted by atomic mass is 10.1. The van der Waals surface area contributed by atoms with Crippen LogP contribution in [0.4, 0.5) is 21.6 Å². The Morgan fingerprint density at radius 2 is 1.89 bits per heavy atom. The molecule has 7 heteroatoms. The van der Waals surface area contributed by atoms with Gasteiger partial charge in [0, 0.05) is 37.4 Å². The lowest BCUT2D eigenvalue weighted by molar-refractivity contribution is 0.631. The van der Waals surface area contributed by atoms with Crippen molar-refractivity contribution in [2.45, 2.75) is 0 Å². The van der Waals surface area contributed by atoms with E-state index in [9.17, 15) is 9.18 Å². The number of aromatic nitrogens is 3. The molecule has 0 bridgehead atoms. The molecule has 27 heavy (non-hydrogen) atoms. The molecule has 0 aliphatic rings. The highest BCUT2D eigenvalue weighted by atomic mass is 19.1. The largest absolute Gasteiger partial charge is 0.362 e. The van der Waals surface area contributed by atoms with E-state index in [1.807, 2.05) is 32.4 Å². The summed E-state index contributed by atoms with van der Waals surface area (Å²) in [5.41, 5.74) is 2.41. The van der Waals surface area contributed by atoms with Crippen molar-refractivity contribution in [3.05, 3.63) is 71.0 Å². The molecule has 4 aromatic rings. The van der Waals surface area contributed by atoms with Crippen molar-refractivity contribution in [1.29, 1.82) is 0 Å². The van der Waals surface area contributed by atoms with E-state index in [0.717, 1.165) is 16.7 Å². The van der Waals surface area contributed by atoms with E-state index in [0.29, 0.717) is 11.5 Å². The summed E-state index contributed by atoms with van der Waals surface area (Å²) in [5.74, 6) is 0.157. The van der Waals surface area contributed by atoms with Crippen molar-refractivity contribution in [3.63, 3.8) is 0 Å². The first-order chi connectivity index (χ1) is 13.0. The molecule has 1 aromatic carbocycles. The highest BCUT2D eigenvalue weighted by molar-refractivity contribution is 5.92. The molecule has 0 fully saturated rings. The van der Waals surface area contributed by atoms with Gasteiger partial charge in [-0.25, -0.2) is 9.37 Å². The molecule has 0 spiro atoms. The minimum absolute atomic E-state index is 0.258. The topological polar surface area (TPSA) is 76.8 Å². The van der Waals surface area contributed by atoms with Gasteiger partial charge in [-0.1, -0.05) is 18.2 Å². The molecule has 3 N–H and O–H groups in total. The number of nitrogens with one attached hydrogen (secondary N) is 3. The zero-order valence-electron chi connectivity index (χ0n) is 14.9. The fourth-order valence-electron chi connectivity index (χ4n) is 3.06. The highest BCUT2D eigenvalue weighted by Crippen LogP contribution is 2.31. The second-order valence-corrected chi connectivity index (χ2v) is 6.37. The second-order valence-electron chi connectivity index (χ2n) is 6.37. The molecule has 0 aliphatic carbocycles.